The van der Waals surface area contributed by atoms with Gasteiger partial charge in [0.25, 0.3) is 0 Å². The van der Waals surface area contributed by atoms with E-state index in [1.54, 1.807) is 17.0 Å². The molecule has 2 aromatic heterocycles. The van der Waals surface area contributed by atoms with Crippen molar-refractivity contribution in [3.63, 3.8) is 0 Å². The van der Waals surface area contributed by atoms with Gasteiger partial charge in [0.05, 0.1) is 11.2 Å². The quantitative estimate of drug-likeness (QED) is 0.670. The van der Waals surface area contributed by atoms with Crippen molar-refractivity contribution >= 4 is 17.1 Å². The van der Waals surface area contributed by atoms with Crippen molar-refractivity contribution in [1.29, 1.82) is 0 Å². The van der Waals surface area contributed by atoms with Crippen molar-refractivity contribution < 1.29 is 14.6 Å². The van der Waals surface area contributed by atoms with Crippen LogP contribution in [-0.4, -0.2) is 50.0 Å². The summed E-state index contributed by atoms with van der Waals surface area (Å²) in [5.41, 5.74) is 3.60. The van der Waals surface area contributed by atoms with Crippen LogP contribution in [0, 0.1) is 0 Å². The topological polar surface area (TPSA) is 91.3 Å². The van der Waals surface area contributed by atoms with Gasteiger partial charge in [-0.15, -0.1) is 10.2 Å². The monoisotopic (exact) mass is 394 g/mol. The number of nitrogens with one attached hydrogen (secondary N) is 1. The van der Waals surface area contributed by atoms with E-state index in [0.717, 1.165) is 29.6 Å². The molecular weight excluding hydrogens is 368 g/mol. The van der Waals surface area contributed by atoms with Crippen LogP contribution in [0.1, 0.15) is 45.2 Å². The number of carbonyl (C=O) groups excluding carboxylic acids is 1. The van der Waals surface area contributed by atoms with Crippen LogP contribution in [0.4, 0.5) is 4.79 Å². The number of aromatic hydroxyl groups is 1. The summed E-state index contributed by atoms with van der Waals surface area (Å²) in [4.78, 5) is 17.5. The van der Waals surface area contributed by atoms with Gasteiger partial charge < -0.3 is 19.7 Å². The molecule has 1 saturated heterocycles. The van der Waals surface area contributed by atoms with Crippen molar-refractivity contribution in [1.82, 2.24) is 20.1 Å². The third-order valence-electron chi connectivity index (χ3n) is 5.16. The predicted octanol–water partition coefficient (Wildman–Crippen LogP) is 4.45. The maximum Gasteiger partial charge on any atom is 0.410 e. The van der Waals surface area contributed by atoms with Crippen molar-refractivity contribution in [2.75, 3.05) is 13.1 Å². The number of likely N-dealkylation sites (tertiary alicyclic amines) is 1. The Morgan fingerprint density at radius 3 is 2.59 bits per heavy atom. The number of hydrogen-bond acceptors (Lipinski definition) is 5. The van der Waals surface area contributed by atoms with Gasteiger partial charge in [-0.05, 0) is 57.9 Å². The van der Waals surface area contributed by atoms with Gasteiger partial charge in [-0.3, -0.25) is 0 Å². The summed E-state index contributed by atoms with van der Waals surface area (Å²) in [6, 6.07) is 11.0. The van der Waals surface area contributed by atoms with Gasteiger partial charge in [-0.25, -0.2) is 4.79 Å². The minimum Gasteiger partial charge on any atom is -0.507 e. The molecule has 2 N–H and O–H groups in total. The van der Waals surface area contributed by atoms with E-state index in [0.29, 0.717) is 30.3 Å². The Hall–Kier alpha value is -3.09. The molecule has 0 spiro atoms. The van der Waals surface area contributed by atoms with E-state index in [1.807, 2.05) is 45.0 Å². The van der Waals surface area contributed by atoms with Crippen LogP contribution >= 0.6 is 0 Å². The lowest BCUT2D eigenvalue weighted by molar-refractivity contribution is 0.0204. The molecule has 152 valence electrons. The highest BCUT2D eigenvalue weighted by atomic mass is 16.6. The normalized spacial score (nSPS) is 15.6. The van der Waals surface area contributed by atoms with Gasteiger partial charge >= 0.3 is 6.09 Å². The summed E-state index contributed by atoms with van der Waals surface area (Å²) in [6.45, 7) is 6.99. The largest absolute Gasteiger partial charge is 0.507 e. The van der Waals surface area contributed by atoms with E-state index in [4.69, 9.17) is 4.74 Å². The molecular formula is C22H26N4O3. The molecule has 7 nitrogen and oxygen atoms in total. The molecule has 4 rings (SSSR count). The standard InChI is InChI=1S/C22H26N4O3/c1-22(2,3)29-21(28)26-10-8-14(9-11-26)16-12-19-18(23-16)13-17(24-25-19)15-6-4-5-7-20(15)27/h4-7,12-14,23,27H,8-11H2,1-3H3. The summed E-state index contributed by atoms with van der Waals surface area (Å²) in [5.74, 6) is 0.513. The van der Waals surface area contributed by atoms with E-state index >= 15 is 0 Å². The second-order valence-electron chi connectivity index (χ2n) is 8.51. The number of rotatable bonds is 2. The van der Waals surface area contributed by atoms with Gasteiger partial charge in [0.15, 0.2) is 0 Å². The lowest BCUT2D eigenvalue weighted by Gasteiger charge is -2.33. The van der Waals surface area contributed by atoms with Gasteiger partial charge in [-0.1, -0.05) is 12.1 Å². The van der Waals surface area contributed by atoms with Crippen LogP contribution in [0.15, 0.2) is 36.4 Å². The minimum absolute atomic E-state index is 0.183. The number of ether oxygens (including phenoxy) is 1. The number of aromatic nitrogens is 3. The van der Waals surface area contributed by atoms with Gasteiger partial charge in [0.2, 0.25) is 0 Å². The Kier molecular flexibility index (Phi) is 4.90. The molecule has 0 bridgehead atoms. The molecule has 3 aromatic rings. The molecule has 1 fully saturated rings. The number of piperidine rings is 1. The number of aromatic amines is 1. The Labute approximate surface area is 169 Å². The first-order chi connectivity index (χ1) is 13.8. The average Bonchev–Trinajstić information content (AvgIpc) is 3.10. The summed E-state index contributed by atoms with van der Waals surface area (Å²) in [5, 5.41) is 18.7. The zero-order chi connectivity index (χ0) is 20.6. The fourth-order valence-electron chi connectivity index (χ4n) is 3.69. The number of H-pyrrole nitrogens is 1. The highest BCUT2D eigenvalue weighted by Crippen LogP contribution is 2.32. The molecule has 1 amide bonds. The van der Waals surface area contributed by atoms with Crippen LogP contribution in [-0.2, 0) is 4.74 Å². The molecule has 29 heavy (non-hydrogen) atoms. The first-order valence-electron chi connectivity index (χ1n) is 9.93. The Morgan fingerprint density at radius 1 is 1.17 bits per heavy atom. The zero-order valence-corrected chi connectivity index (χ0v) is 17.0. The number of phenols is 1. The molecule has 0 atom stereocenters. The zero-order valence-electron chi connectivity index (χ0n) is 17.0. The summed E-state index contributed by atoms with van der Waals surface area (Å²) >= 11 is 0. The van der Waals surface area contributed by atoms with E-state index in [1.165, 1.54) is 0 Å². The minimum atomic E-state index is -0.478. The second kappa shape index (κ2) is 7.39. The van der Waals surface area contributed by atoms with E-state index in [2.05, 4.69) is 15.2 Å². The van der Waals surface area contributed by atoms with Crippen molar-refractivity contribution in [2.45, 2.75) is 45.1 Å². The number of phenolic OH excluding ortho intramolecular Hbond substituents is 1. The lowest BCUT2D eigenvalue weighted by Crippen LogP contribution is -2.41. The molecule has 0 saturated carbocycles. The fourth-order valence-corrected chi connectivity index (χ4v) is 3.69. The summed E-state index contributed by atoms with van der Waals surface area (Å²) in [6.07, 6.45) is 1.49. The highest BCUT2D eigenvalue weighted by molar-refractivity contribution is 5.81. The van der Waals surface area contributed by atoms with Gasteiger partial charge in [-0.2, -0.15) is 0 Å². The molecule has 0 aliphatic carbocycles. The first-order valence-corrected chi connectivity index (χ1v) is 9.93. The molecule has 1 aromatic carbocycles. The Bertz CT molecular complexity index is 1030. The summed E-state index contributed by atoms with van der Waals surface area (Å²) < 4.78 is 5.47. The number of para-hydroxylation sites is 1. The summed E-state index contributed by atoms with van der Waals surface area (Å²) in [7, 11) is 0. The lowest BCUT2D eigenvalue weighted by atomic mass is 9.94. The fraction of sp³-hybridized carbons (Fsp3) is 0.409. The Morgan fingerprint density at radius 2 is 1.90 bits per heavy atom. The number of carbonyl (C=O) groups is 1. The van der Waals surface area contributed by atoms with Crippen LogP contribution in [0.3, 0.4) is 0 Å². The van der Waals surface area contributed by atoms with E-state index in [-0.39, 0.29) is 11.8 Å². The first kappa shape index (κ1) is 19.2. The molecule has 1 aliphatic rings. The third kappa shape index (κ3) is 4.18. The molecule has 7 heteroatoms. The molecule has 0 unspecified atom stereocenters. The SMILES string of the molecule is CC(C)(C)OC(=O)N1CCC(c2cc3nnc(-c4ccccc4O)cc3[nH]2)CC1. The smallest absolute Gasteiger partial charge is 0.410 e. The number of benzene rings is 1. The van der Waals surface area contributed by atoms with Crippen LogP contribution < -0.4 is 0 Å². The van der Waals surface area contributed by atoms with Crippen molar-refractivity contribution in [3.8, 4) is 17.0 Å². The number of hydrogen-bond donors (Lipinski definition) is 2. The number of nitrogens with zero attached hydrogens (tertiary/aromatic N) is 3. The maximum absolute atomic E-state index is 12.3. The molecule has 3 heterocycles. The van der Waals surface area contributed by atoms with E-state index < -0.39 is 5.60 Å². The van der Waals surface area contributed by atoms with Crippen LogP contribution in [0.2, 0.25) is 0 Å². The van der Waals surface area contributed by atoms with E-state index in [9.17, 15) is 9.90 Å². The van der Waals surface area contributed by atoms with Gasteiger partial charge in [0, 0.05) is 30.3 Å². The predicted molar refractivity (Wildman–Crippen MR) is 111 cm³/mol. The average molecular weight is 394 g/mol. The second-order valence-corrected chi connectivity index (χ2v) is 8.51. The number of fused-ring (bicyclic) bond motifs is 1. The number of amides is 1. The molecule has 1 aliphatic heterocycles. The van der Waals surface area contributed by atoms with Crippen molar-refractivity contribution in [2.24, 2.45) is 0 Å². The molecule has 0 radical (unpaired) electrons. The van der Waals surface area contributed by atoms with Crippen molar-refractivity contribution in [3.05, 3.63) is 42.1 Å². The van der Waals surface area contributed by atoms with Crippen LogP contribution in [0.25, 0.3) is 22.3 Å². The maximum atomic E-state index is 12.3. The van der Waals surface area contributed by atoms with Crippen LogP contribution in [0.5, 0.6) is 5.75 Å². The highest BCUT2D eigenvalue weighted by Gasteiger charge is 2.28. The third-order valence-corrected chi connectivity index (χ3v) is 5.16. The van der Waals surface area contributed by atoms with Gasteiger partial charge in [0.1, 0.15) is 16.9 Å². The Balaban J connectivity index is 1.48.